The second kappa shape index (κ2) is 7.92. The van der Waals surface area contributed by atoms with Gasteiger partial charge in [-0.15, -0.1) is 0 Å². The number of methoxy groups -OCH3 is 1. The predicted octanol–water partition coefficient (Wildman–Crippen LogP) is 4.39. The van der Waals surface area contributed by atoms with Gasteiger partial charge in [-0.1, -0.05) is 12.1 Å². The van der Waals surface area contributed by atoms with Gasteiger partial charge >= 0.3 is 6.18 Å². The number of nitrogens with one attached hydrogen (secondary N) is 1. The molecule has 2 aromatic rings. The average molecular weight is 399 g/mol. The van der Waals surface area contributed by atoms with Crippen molar-refractivity contribution in [1.82, 2.24) is 4.98 Å². The molecule has 0 atom stereocenters. The number of alkyl halides is 3. The van der Waals surface area contributed by atoms with E-state index < -0.39 is 29.3 Å². The van der Waals surface area contributed by atoms with Gasteiger partial charge in [0.1, 0.15) is 17.1 Å². The van der Waals surface area contributed by atoms with Crippen LogP contribution >= 0.6 is 0 Å². The van der Waals surface area contributed by atoms with Gasteiger partial charge in [-0.3, -0.25) is 0 Å². The number of rotatable bonds is 5. The highest BCUT2D eigenvalue weighted by Gasteiger charge is 2.41. The van der Waals surface area contributed by atoms with Crippen LogP contribution in [0, 0.1) is 5.82 Å². The number of hydrogen-bond acceptors (Lipinski definition) is 5. The molecule has 9 heteroatoms. The lowest BCUT2D eigenvalue weighted by Gasteiger charge is -2.39. The molecule has 0 spiro atoms. The fourth-order valence-corrected chi connectivity index (χ4v) is 3.64. The lowest BCUT2D eigenvalue weighted by Crippen LogP contribution is -2.37. The first-order chi connectivity index (χ1) is 13.3. The number of nitrogens with two attached hydrogens (primary N) is 1. The van der Waals surface area contributed by atoms with Crippen LogP contribution < -0.4 is 16.0 Å². The maximum atomic E-state index is 13.4. The molecule has 1 aromatic carbocycles. The topological polar surface area (TPSA) is 69.4 Å². The SMILES string of the molecule is COC1(c2ccc(F)cc2)CCC(Oc2ccnc(NN)c2C(F)(F)F)CC1. The molecule has 0 unspecified atom stereocenters. The molecule has 1 saturated carbocycles. The number of ether oxygens (including phenoxy) is 2. The number of aromatic nitrogens is 1. The van der Waals surface area contributed by atoms with Crippen molar-refractivity contribution in [1.29, 1.82) is 0 Å². The van der Waals surface area contributed by atoms with Crippen molar-refractivity contribution in [2.45, 2.75) is 43.6 Å². The van der Waals surface area contributed by atoms with Crippen LogP contribution in [0.15, 0.2) is 36.5 Å². The van der Waals surface area contributed by atoms with E-state index in [2.05, 4.69) is 4.98 Å². The Kier molecular flexibility index (Phi) is 5.76. The van der Waals surface area contributed by atoms with Gasteiger partial charge in [-0.2, -0.15) is 13.2 Å². The summed E-state index contributed by atoms with van der Waals surface area (Å²) in [4.78, 5) is 3.61. The zero-order valence-corrected chi connectivity index (χ0v) is 15.2. The van der Waals surface area contributed by atoms with Crippen molar-refractivity contribution in [3.8, 4) is 5.75 Å². The van der Waals surface area contributed by atoms with E-state index in [1.54, 1.807) is 19.2 Å². The van der Waals surface area contributed by atoms with Gasteiger partial charge < -0.3 is 14.9 Å². The Morgan fingerprint density at radius 3 is 2.32 bits per heavy atom. The number of hydrazine groups is 1. The Balaban J connectivity index is 1.77. The summed E-state index contributed by atoms with van der Waals surface area (Å²) < 4.78 is 64.9. The highest BCUT2D eigenvalue weighted by atomic mass is 19.4. The second-order valence-electron chi connectivity index (χ2n) is 6.70. The third-order valence-electron chi connectivity index (χ3n) is 5.13. The molecule has 0 radical (unpaired) electrons. The molecular weight excluding hydrogens is 378 g/mol. The fraction of sp³-hybridized carbons (Fsp3) is 0.421. The Morgan fingerprint density at radius 2 is 1.79 bits per heavy atom. The van der Waals surface area contributed by atoms with Crippen LogP contribution in [0.4, 0.5) is 23.4 Å². The van der Waals surface area contributed by atoms with Crippen molar-refractivity contribution in [3.63, 3.8) is 0 Å². The minimum atomic E-state index is -4.66. The maximum absolute atomic E-state index is 13.4. The van der Waals surface area contributed by atoms with E-state index in [-0.39, 0.29) is 11.6 Å². The molecule has 0 saturated heterocycles. The molecule has 1 aromatic heterocycles. The Bertz CT molecular complexity index is 804. The molecule has 1 fully saturated rings. The Morgan fingerprint density at radius 1 is 1.14 bits per heavy atom. The number of benzene rings is 1. The Hall–Kier alpha value is -2.39. The molecule has 0 aliphatic heterocycles. The summed E-state index contributed by atoms with van der Waals surface area (Å²) >= 11 is 0. The van der Waals surface area contributed by atoms with Crippen molar-refractivity contribution < 1.29 is 27.0 Å². The predicted molar refractivity (Wildman–Crippen MR) is 95.0 cm³/mol. The van der Waals surface area contributed by atoms with Gasteiger partial charge in [0.25, 0.3) is 0 Å². The molecule has 1 heterocycles. The van der Waals surface area contributed by atoms with E-state index in [4.69, 9.17) is 15.3 Å². The average Bonchev–Trinajstić information content (AvgIpc) is 2.68. The lowest BCUT2D eigenvalue weighted by atomic mass is 9.78. The van der Waals surface area contributed by atoms with E-state index in [9.17, 15) is 17.6 Å². The molecule has 3 N–H and O–H groups in total. The number of hydrogen-bond donors (Lipinski definition) is 2. The molecule has 1 aliphatic carbocycles. The van der Waals surface area contributed by atoms with Crippen LogP contribution in [0.1, 0.15) is 36.8 Å². The smallest absolute Gasteiger partial charge is 0.423 e. The zero-order chi connectivity index (χ0) is 20.4. The highest BCUT2D eigenvalue weighted by Crippen LogP contribution is 2.44. The zero-order valence-electron chi connectivity index (χ0n) is 15.2. The van der Waals surface area contributed by atoms with Gasteiger partial charge in [-0.05, 0) is 49.4 Å². The molecule has 0 bridgehead atoms. The third kappa shape index (κ3) is 4.05. The molecule has 28 heavy (non-hydrogen) atoms. The van der Waals surface area contributed by atoms with Crippen molar-refractivity contribution in [2.75, 3.05) is 12.5 Å². The van der Waals surface area contributed by atoms with E-state index >= 15 is 0 Å². The van der Waals surface area contributed by atoms with Gasteiger partial charge in [0.05, 0.1) is 11.7 Å². The molecule has 5 nitrogen and oxygen atoms in total. The van der Waals surface area contributed by atoms with E-state index in [1.165, 1.54) is 24.4 Å². The van der Waals surface area contributed by atoms with Gasteiger partial charge in [-0.25, -0.2) is 15.2 Å². The quantitative estimate of drug-likeness (QED) is 0.443. The normalized spacial score (nSPS) is 22.7. The number of anilines is 1. The van der Waals surface area contributed by atoms with Crippen LogP contribution in [-0.4, -0.2) is 18.2 Å². The number of nitrogen functional groups attached to an aromatic ring is 1. The molecular formula is C19H21F4N3O2. The second-order valence-corrected chi connectivity index (χ2v) is 6.70. The van der Waals surface area contributed by atoms with Crippen LogP contribution in [-0.2, 0) is 16.5 Å². The summed E-state index contributed by atoms with van der Waals surface area (Å²) in [7, 11) is 1.58. The van der Waals surface area contributed by atoms with Crippen molar-refractivity contribution in [2.24, 2.45) is 5.84 Å². The minimum Gasteiger partial charge on any atom is -0.490 e. The van der Waals surface area contributed by atoms with Crippen LogP contribution in [0.5, 0.6) is 5.75 Å². The molecule has 0 amide bonds. The number of pyridine rings is 1. The largest absolute Gasteiger partial charge is 0.490 e. The number of nitrogens with zero attached hydrogens (tertiary/aromatic N) is 1. The molecule has 1 aliphatic rings. The molecule has 152 valence electrons. The first kappa shape index (κ1) is 20.3. The highest BCUT2D eigenvalue weighted by molar-refractivity contribution is 5.52. The lowest BCUT2D eigenvalue weighted by molar-refractivity contribution is -0.139. The minimum absolute atomic E-state index is 0.313. The van der Waals surface area contributed by atoms with E-state index in [0.29, 0.717) is 25.7 Å². The van der Waals surface area contributed by atoms with Crippen molar-refractivity contribution >= 4 is 5.82 Å². The number of halogens is 4. The summed E-state index contributed by atoms with van der Waals surface area (Å²) in [6.07, 6.45) is -1.84. The van der Waals surface area contributed by atoms with Gasteiger partial charge in [0, 0.05) is 13.3 Å². The Labute approximate surface area is 159 Å². The first-order valence-corrected chi connectivity index (χ1v) is 8.80. The summed E-state index contributed by atoms with van der Waals surface area (Å²) in [5.41, 5.74) is 1.17. The summed E-state index contributed by atoms with van der Waals surface area (Å²) in [5, 5.41) is 0. The van der Waals surface area contributed by atoms with Crippen molar-refractivity contribution in [3.05, 3.63) is 53.5 Å². The van der Waals surface area contributed by atoms with Crippen LogP contribution in [0.2, 0.25) is 0 Å². The fourth-order valence-electron chi connectivity index (χ4n) is 3.64. The van der Waals surface area contributed by atoms with E-state index in [1.807, 2.05) is 5.43 Å². The van der Waals surface area contributed by atoms with E-state index in [0.717, 1.165) is 5.56 Å². The van der Waals surface area contributed by atoms with Crippen LogP contribution in [0.25, 0.3) is 0 Å². The van der Waals surface area contributed by atoms with Crippen LogP contribution in [0.3, 0.4) is 0 Å². The third-order valence-corrected chi connectivity index (χ3v) is 5.13. The summed E-state index contributed by atoms with van der Waals surface area (Å²) in [6, 6.07) is 7.26. The van der Waals surface area contributed by atoms with Gasteiger partial charge in [0.2, 0.25) is 0 Å². The first-order valence-electron chi connectivity index (χ1n) is 8.80. The molecule has 3 rings (SSSR count). The summed E-state index contributed by atoms with van der Waals surface area (Å²) in [6.45, 7) is 0. The maximum Gasteiger partial charge on any atom is 0.423 e. The summed E-state index contributed by atoms with van der Waals surface area (Å²) in [5.74, 6) is 4.03. The van der Waals surface area contributed by atoms with Gasteiger partial charge in [0.15, 0.2) is 5.82 Å². The monoisotopic (exact) mass is 399 g/mol. The standard InChI is InChI=1S/C19H21F4N3O2/c1-27-18(12-2-4-13(20)5-3-12)9-6-14(7-10-18)28-15-8-11-25-17(26-24)16(15)19(21,22)23/h2-5,8,11,14H,6-7,9-10,24H2,1H3,(H,25,26).